The summed E-state index contributed by atoms with van der Waals surface area (Å²) in [5.41, 5.74) is 4.56. The molecule has 1 aromatic carbocycles. The smallest absolute Gasteiger partial charge is 0.339 e. The minimum absolute atomic E-state index is 0.340. The maximum Gasteiger partial charge on any atom is 0.339 e. The van der Waals surface area contributed by atoms with Crippen LogP contribution in [-0.2, 0) is 18.3 Å². The highest BCUT2D eigenvalue weighted by atomic mass is 16.5. The minimum atomic E-state index is -0.340. The van der Waals surface area contributed by atoms with E-state index in [2.05, 4.69) is 10.4 Å². The third kappa shape index (κ3) is 2.66. The summed E-state index contributed by atoms with van der Waals surface area (Å²) in [6, 6.07) is 7.32. The summed E-state index contributed by atoms with van der Waals surface area (Å²) in [5.74, 6) is -0.340. The average Bonchev–Trinajstić information content (AvgIpc) is 2.70. The van der Waals surface area contributed by atoms with Crippen molar-refractivity contribution < 1.29 is 9.53 Å². The van der Waals surface area contributed by atoms with Gasteiger partial charge in [0.1, 0.15) is 0 Å². The minimum Gasteiger partial charge on any atom is -0.465 e. The number of hydrogen-bond acceptors (Lipinski definition) is 4. The zero-order chi connectivity index (χ0) is 14.7. The zero-order valence-corrected chi connectivity index (χ0v) is 12.2. The van der Waals surface area contributed by atoms with Crippen molar-refractivity contribution in [3.63, 3.8) is 0 Å². The van der Waals surface area contributed by atoms with Gasteiger partial charge in [0.2, 0.25) is 0 Å². The van der Waals surface area contributed by atoms with Gasteiger partial charge in [-0.25, -0.2) is 4.79 Å². The number of carbonyl (C=O) groups is 1. The van der Waals surface area contributed by atoms with Crippen molar-refractivity contribution in [2.45, 2.75) is 20.4 Å². The Morgan fingerprint density at radius 1 is 1.35 bits per heavy atom. The first-order valence-corrected chi connectivity index (χ1v) is 6.45. The predicted octanol–water partition coefficient (Wildman–Crippen LogP) is 2.44. The van der Waals surface area contributed by atoms with Crippen LogP contribution >= 0.6 is 0 Å². The molecule has 0 aliphatic heterocycles. The summed E-state index contributed by atoms with van der Waals surface area (Å²) < 4.78 is 6.64. The molecule has 1 aromatic heterocycles. The normalized spacial score (nSPS) is 10.4. The van der Waals surface area contributed by atoms with Gasteiger partial charge < -0.3 is 10.1 Å². The number of esters is 1. The van der Waals surface area contributed by atoms with Crippen LogP contribution in [0.4, 0.5) is 5.69 Å². The van der Waals surface area contributed by atoms with Crippen molar-refractivity contribution in [2.75, 3.05) is 12.4 Å². The second-order valence-corrected chi connectivity index (χ2v) is 4.66. The average molecular weight is 273 g/mol. The molecule has 5 heteroatoms. The third-order valence-electron chi connectivity index (χ3n) is 3.45. The molecule has 0 fully saturated rings. The van der Waals surface area contributed by atoms with Crippen molar-refractivity contribution >= 4 is 11.7 Å². The Morgan fingerprint density at radius 3 is 2.65 bits per heavy atom. The number of anilines is 1. The van der Waals surface area contributed by atoms with Gasteiger partial charge in [0.25, 0.3) is 0 Å². The standard InChI is InChI=1S/C15H19N3O2/c1-10-13(11(2)18(3)17-10)9-16-14-8-6-5-7-12(14)15(19)20-4/h5-8,16H,9H2,1-4H3. The van der Waals surface area contributed by atoms with Crippen LogP contribution in [0.1, 0.15) is 27.3 Å². The van der Waals surface area contributed by atoms with E-state index < -0.39 is 0 Å². The third-order valence-corrected chi connectivity index (χ3v) is 3.45. The van der Waals surface area contributed by atoms with Gasteiger partial charge in [-0.15, -0.1) is 0 Å². The van der Waals surface area contributed by atoms with Gasteiger partial charge in [0.05, 0.1) is 18.4 Å². The van der Waals surface area contributed by atoms with E-state index in [1.54, 1.807) is 6.07 Å². The molecular formula is C15H19N3O2. The molecule has 0 saturated heterocycles. The van der Waals surface area contributed by atoms with Crippen molar-refractivity contribution in [1.29, 1.82) is 0 Å². The number of methoxy groups -OCH3 is 1. The highest BCUT2D eigenvalue weighted by Crippen LogP contribution is 2.19. The van der Waals surface area contributed by atoms with E-state index in [1.807, 2.05) is 43.8 Å². The highest BCUT2D eigenvalue weighted by Gasteiger charge is 2.13. The van der Waals surface area contributed by atoms with Crippen LogP contribution < -0.4 is 5.32 Å². The molecule has 0 radical (unpaired) electrons. The summed E-state index contributed by atoms with van der Waals surface area (Å²) in [7, 11) is 3.31. The molecule has 0 atom stereocenters. The molecule has 0 aliphatic rings. The lowest BCUT2D eigenvalue weighted by molar-refractivity contribution is 0.0602. The van der Waals surface area contributed by atoms with Crippen LogP contribution in [0.25, 0.3) is 0 Å². The van der Waals surface area contributed by atoms with Gasteiger partial charge in [-0.2, -0.15) is 5.10 Å². The summed E-state index contributed by atoms with van der Waals surface area (Å²) in [6.07, 6.45) is 0. The Balaban J connectivity index is 2.21. The summed E-state index contributed by atoms with van der Waals surface area (Å²) in [6.45, 7) is 4.64. The number of nitrogens with zero attached hydrogens (tertiary/aromatic N) is 2. The second kappa shape index (κ2) is 5.77. The van der Waals surface area contributed by atoms with E-state index in [0.29, 0.717) is 12.1 Å². The maximum atomic E-state index is 11.7. The largest absolute Gasteiger partial charge is 0.465 e. The lowest BCUT2D eigenvalue weighted by Gasteiger charge is -2.11. The van der Waals surface area contributed by atoms with Gasteiger partial charge in [-0.3, -0.25) is 4.68 Å². The molecule has 2 aromatic rings. The molecule has 0 saturated carbocycles. The maximum absolute atomic E-state index is 11.7. The van der Waals surface area contributed by atoms with E-state index in [-0.39, 0.29) is 5.97 Å². The zero-order valence-electron chi connectivity index (χ0n) is 12.2. The fourth-order valence-corrected chi connectivity index (χ4v) is 2.18. The summed E-state index contributed by atoms with van der Waals surface area (Å²) >= 11 is 0. The molecule has 1 N–H and O–H groups in total. The number of rotatable bonds is 4. The van der Waals surface area contributed by atoms with E-state index >= 15 is 0 Å². The lowest BCUT2D eigenvalue weighted by Crippen LogP contribution is -2.09. The van der Waals surface area contributed by atoms with Crippen LogP contribution in [0.2, 0.25) is 0 Å². The second-order valence-electron chi connectivity index (χ2n) is 4.66. The van der Waals surface area contributed by atoms with Crippen LogP contribution in [0, 0.1) is 13.8 Å². The number of nitrogens with one attached hydrogen (secondary N) is 1. The van der Waals surface area contributed by atoms with Gasteiger partial charge in [-0.1, -0.05) is 12.1 Å². The monoisotopic (exact) mass is 273 g/mol. The van der Waals surface area contributed by atoms with Gasteiger partial charge in [-0.05, 0) is 26.0 Å². The molecule has 0 amide bonds. The highest BCUT2D eigenvalue weighted by molar-refractivity contribution is 5.95. The number of aromatic nitrogens is 2. The molecule has 0 aliphatic carbocycles. The Bertz CT molecular complexity index is 632. The van der Waals surface area contributed by atoms with E-state index in [0.717, 1.165) is 22.6 Å². The number of para-hydroxylation sites is 1. The Hall–Kier alpha value is -2.30. The number of carbonyl (C=O) groups excluding carboxylic acids is 1. The molecule has 1 heterocycles. The first kappa shape index (κ1) is 14.1. The fraction of sp³-hybridized carbons (Fsp3) is 0.333. The van der Waals surface area contributed by atoms with Crippen LogP contribution in [-0.4, -0.2) is 22.9 Å². The summed E-state index contributed by atoms with van der Waals surface area (Å²) in [4.78, 5) is 11.7. The summed E-state index contributed by atoms with van der Waals surface area (Å²) in [5, 5.41) is 7.67. The number of benzene rings is 1. The predicted molar refractivity (Wildman–Crippen MR) is 77.8 cm³/mol. The number of ether oxygens (including phenoxy) is 1. The molecule has 0 spiro atoms. The van der Waals surface area contributed by atoms with E-state index in [4.69, 9.17) is 4.74 Å². The SMILES string of the molecule is COC(=O)c1ccccc1NCc1c(C)nn(C)c1C. The lowest BCUT2D eigenvalue weighted by atomic mass is 10.1. The van der Waals surface area contributed by atoms with Crippen molar-refractivity contribution in [2.24, 2.45) is 7.05 Å². The Kier molecular flexibility index (Phi) is 4.08. The Morgan fingerprint density at radius 2 is 2.05 bits per heavy atom. The first-order chi connectivity index (χ1) is 9.54. The van der Waals surface area contributed by atoms with Crippen LogP contribution in [0.5, 0.6) is 0 Å². The molecule has 5 nitrogen and oxygen atoms in total. The van der Waals surface area contributed by atoms with Crippen LogP contribution in [0.3, 0.4) is 0 Å². The van der Waals surface area contributed by atoms with Crippen molar-refractivity contribution in [3.8, 4) is 0 Å². The van der Waals surface area contributed by atoms with Gasteiger partial charge in [0.15, 0.2) is 0 Å². The molecule has 2 rings (SSSR count). The van der Waals surface area contributed by atoms with E-state index in [9.17, 15) is 4.79 Å². The van der Waals surface area contributed by atoms with Gasteiger partial charge in [0, 0.05) is 30.5 Å². The molecule has 0 bridgehead atoms. The van der Waals surface area contributed by atoms with E-state index in [1.165, 1.54) is 7.11 Å². The molecule has 106 valence electrons. The fourth-order valence-electron chi connectivity index (χ4n) is 2.18. The molecule has 20 heavy (non-hydrogen) atoms. The quantitative estimate of drug-likeness (QED) is 0.869. The number of aryl methyl sites for hydroxylation is 2. The molecule has 0 unspecified atom stereocenters. The van der Waals surface area contributed by atoms with Crippen molar-refractivity contribution in [1.82, 2.24) is 9.78 Å². The topological polar surface area (TPSA) is 56.1 Å². The van der Waals surface area contributed by atoms with Crippen molar-refractivity contribution in [3.05, 3.63) is 46.8 Å². The Labute approximate surface area is 118 Å². The van der Waals surface area contributed by atoms with Crippen LogP contribution in [0.15, 0.2) is 24.3 Å². The first-order valence-electron chi connectivity index (χ1n) is 6.45. The molecular weight excluding hydrogens is 254 g/mol. The van der Waals surface area contributed by atoms with Gasteiger partial charge >= 0.3 is 5.97 Å². The number of hydrogen-bond donors (Lipinski definition) is 1.